The Morgan fingerprint density at radius 3 is 2.54 bits per heavy atom. The number of aryl methyl sites for hydroxylation is 1. The lowest BCUT2D eigenvalue weighted by atomic mass is 10.0. The minimum atomic E-state index is -0.480. The van der Waals surface area contributed by atoms with Gasteiger partial charge in [-0.1, -0.05) is 37.3 Å². The van der Waals surface area contributed by atoms with Gasteiger partial charge in [0.05, 0.1) is 18.7 Å². The molecule has 0 aliphatic rings. The molecule has 0 spiro atoms. The van der Waals surface area contributed by atoms with Crippen LogP contribution in [0.5, 0.6) is 0 Å². The molecule has 6 heteroatoms. The van der Waals surface area contributed by atoms with Crippen LogP contribution in [-0.2, 0) is 16.0 Å². The summed E-state index contributed by atoms with van der Waals surface area (Å²) < 4.78 is 4.68. The van der Waals surface area contributed by atoms with E-state index in [2.05, 4.69) is 22.3 Å². The quantitative estimate of drug-likeness (QED) is 0.436. The van der Waals surface area contributed by atoms with Crippen LogP contribution in [0.2, 0.25) is 0 Å². The molecular formula is C22H23N3O3. The van der Waals surface area contributed by atoms with Crippen LogP contribution in [0.1, 0.15) is 41.4 Å². The number of hydrogen-bond acceptors (Lipinski definition) is 5. The first-order valence-electron chi connectivity index (χ1n) is 8.93. The number of nitriles is 1. The van der Waals surface area contributed by atoms with E-state index in [0.29, 0.717) is 11.3 Å². The van der Waals surface area contributed by atoms with Gasteiger partial charge in [0, 0.05) is 11.9 Å². The molecule has 0 aromatic heterocycles. The van der Waals surface area contributed by atoms with Gasteiger partial charge in [-0.3, -0.25) is 4.79 Å². The molecule has 0 bridgehead atoms. The molecule has 1 atom stereocenters. The highest BCUT2D eigenvalue weighted by Crippen LogP contribution is 2.15. The van der Waals surface area contributed by atoms with Crippen LogP contribution in [0.25, 0.3) is 0 Å². The molecule has 0 saturated carbocycles. The maximum atomic E-state index is 12.4. The highest BCUT2D eigenvalue weighted by molar-refractivity contribution is 5.97. The number of rotatable bonds is 7. The number of ether oxygens (including phenoxy) is 1. The van der Waals surface area contributed by atoms with Gasteiger partial charge < -0.3 is 15.4 Å². The monoisotopic (exact) mass is 377 g/mol. The molecule has 28 heavy (non-hydrogen) atoms. The molecule has 0 saturated heterocycles. The van der Waals surface area contributed by atoms with Crippen LogP contribution in [0, 0.1) is 11.3 Å². The van der Waals surface area contributed by atoms with Gasteiger partial charge in [-0.15, -0.1) is 0 Å². The summed E-state index contributed by atoms with van der Waals surface area (Å²) in [6.45, 7) is 3.94. The zero-order valence-corrected chi connectivity index (χ0v) is 16.2. The van der Waals surface area contributed by atoms with E-state index in [0.717, 1.165) is 12.0 Å². The van der Waals surface area contributed by atoms with Crippen molar-refractivity contribution >= 4 is 17.6 Å². The van der Waals surface area contributed by atoms with Crippen LogP contribution in [0.15, 0.2) is 60.3 Å². The second kappa shape index (κ2) is 9.93. The molecule has 0 radical (unpaired) electrons. The van der Waals surface area contributed by atoms with Crippen LogP contribution in [-0.4, -0.2) is 19.0 Å². The van der Waals surface area contributed by atoms with E-state index in [1.807, 2.05) is 37.3 Å². The fraction of sp³-hybridized carbons (Fsp3) is 0.227. The minimum absolute atomic E-state index is 0.0690. The van der Waals surface area contributed by atoms with Crippen molar-refractivity contribution in [2.45, 2.75) is 26.3 Å². The number of nitrogens with one attached hydrogen (secondary N) is 2. The number of hydrogen-bond donors (Lipinski definition) is 2. The standard InChI is InChI=1S/C22H23N3O3/c1-4-16-8-10-17(11-9-16)15(2)25-21(26)19(13-23)14-24-20-7-5-6-18(12-20)22(27)28-3/h5-12,14-15,24H,4H2,1-3H3,(H,25,26)/b19-14-. The van der Waals surface area contributed by atoms with Crippen LogP contribution < -0.4 is 10.6 Å². The van der Waals surface area contributed by atoms with E-state index in [1.54, 1.807) is 24.3 Å². The Morgan fingerprint density at radius 1 is 1.21 bits per heavy atom. The largest absolute Gasteiger partial charge is 0.465 e. The topological polar surface area (TPSA) is 91.2 Å². The first kappa shape index (κ1) is 20.7. The van der Waals surface area contributed by atoms with Gasteiger partial charge in [-0.05, 0) is 42.7 Å². The average Bonchev–Trinajstić information content (AvgIpc) is 2.73. The van der Waals surface area contributed by atoms with E-state index in [-0.39, 0.29) is 11.6 Å². The molecular weight excluding hydrogens is 354 g/mol. The van der Waals surface area contributed by atoms with Gasteiger partial charge >= 0.3 is 5.97 Å². The van der Waals surface area contributed by atoms with Crippen molar-refractivity contribution in [3.05, 3.63) is 77.0 Å². The fourth-order valence-corrected chi connectivity index (χ4v) is 2.56. The summed E-state index contributed by atoms with van der Waals surface area (Å²) in [4.78, 5) is 24.0. The summed E-state index contributed by atoms with van der Waals surface area (Å²) in [5, 5.41) is 15.0. The third kappa shape index (κ3) is 5.45. The molecule has 2 rings (SSSR count). The minimum Gasteiger partial charge on any atom is -0.465 e. The Hall–Kier alpha value is -3.59. The maximum absolute atomic E-state index is 12.4. The first-order chi connectivity index (χ1) is 13.5. The molecule has 2 N–H and O–H groups in total. The molecule has 0 aliphatic carbocycles. The van der Waals surface area contributed by atoms with E-state index in [1.165, 1.54) is 18.9 Å². The molecule has 144 valence electrons. The van der Waals surface area contributed by atoms with Crippen molar-refractivity contribution in [3.63, 3.8) is 0 Å². The molecule has 0 heterocycles. The predicted octanol–water partition coefficient (Wildman–Crippen LogP) is 3.73. The normalized spacial score (nSPS) is 11.9. The molecule has 2 aromatic carbocycles. The zero-order chi connectivity index (χ0) is 20.5. The smallest absolute Gasteiger partial charge is 0.337 e. The van der Waals surface area contributed by atoms with Crippen molar-refractivity contribution in [2.75, 3.05) is 12.4 Å². The molecule has 1 unspecified atom stereocenters. The van der Waals surface area contributed by atoms with Crippen LogP contribution in [0.3, 0.4) is 0 Å². The molecule has 2 aromatic rings. The molecule has 1 amide bonds. The summed E-state index contributed by atoms with van der Waals surface area (Å²) in [5.74, 6) is -0.944. The number of esters is 1. The summed E-state index contributed by atoms with van der Waals surface area (Å²) in [6.07, 6.45) is 2.27. The Bertz CT molecular complexity index is 911. The van der Waals surface area contributed by atoms with Crippen molar-refractivity contribution in [1.29, 1.82) is 5.26 Å². The van der Waals surface area contributed by atoms with Gasteiger partial charge in [0.1, 0.15) is 11.6 Å². The highest BCUT2D eigenvalue weighted by Gasteiger charge is 2.14. The summed E-state index contributed by atoms with van der Waals surface area (Å²) in [6, 6.07) is 16.2. The Labute approximate surface area is 164 Å². The third-order valence-corrected chi connectivity index (χ3v) is 4.27. The predicted molar refractivity (Wildman–Crippen MR) is 107 cm³/mol. The van der Waals surface area contributed by atoms with Crippen molar-refractivity contribution < 1.29 is 14.3 Å². The van der Waals surface area contributed by atoms with Gasteiger partial charge in [0.25, 0.3) is 5.91 Å². The SMILES string of the molecule is CCc1ccc(C(C)NC(=O)/C(C#N)=C\Nc2cccc(C(=O)OC)c2)cc1. The Balaban J connectivity index is 2.06. The second-order valence-corrected chi connectivity index (χ2v) is 6.18. The number of carbonyl (C=O) groups is 2. The number of anilines is 1. The second-order valence-electron chi connectivity index (χ2n) is 6.18. The first-order valence-corrected chi connectivity index (χ1v) is 8.93. The summed E-state index contributed by atoms with van der Waals surface area (Å²) >= 11 is 0. The number of nitrogens with zero attached hydrogens (tertiary/aromatic N) is 1. The van der Waals surface area contributed by atoms with Crippen LogP contribution >= 0.6 is 0 Å². The van der Waals surface area contributed by atoms with Gasteiger partial charge in [-0.25, -0.2) is 4.79 Å². The third-order valence-electron chi connectivity index (χ3n) is 4.27. The van der Waals surface area contributed by atoms with Crippen molar-refractivity contribution in [3.8, 4) is 6.07 Å². The number of benzene rings is 2. The Kier molecular flexibility index (Phi) is 7.35. The fourth-order valence-electron chi connectivity index (χ4n) is 2.56. The zero-order valence-electron chi connectivity index (χ0n) is 16.2. The van der Waals surface area contributed by atoms with E-state index in [9.17, 15) is 14.9 Å². The molecule has 6 nitrogen and oxygen atoms in total. The highest BCUT2D eigenvalue weighted by atomic mass is 16.5. The summed E-state index contributed by atoms with van der Waals surface area (Å²) in [7, 11) is 1.30. The van der Waals surface area contributed by atoms with E-state index < -0.39 is 11.9 Å². The number of methoxy groups -OCH3 is 1. The van der Waals surface area contributed by atoms with Gasteiger partial charge in [0.2, 0.25) is 0 Å². The number of carbonyl (C=O) groups excluding carboxylic acids is 2. The molecule has 0 fully saturated rings. The average molecular weight is 377 g/mol. The van der Waals surface area contributed by atoms with Gasteiger partial charge in [0.15, 0.2) is 0 Å². The lowest BCUT2D eigenvalue weighted by Crippen LogP contribution is -2.28. The van der Waals surface area contributed by atoms with E-state index in [4.69, 9.17) is 0 Å². The molecule has 0 aliphatic heterocycles. The lowest BCUT2D eigenvalue weighted by molar-refractivity contribution is -0.117. The number of amides is 1. The van der Waals surface area contributed by atoms with Gasteiger partial charge in [-0.2, -0.15) is 5.26 Å². The Morgan fingerprint density at radius 2 is 1.93 bits per heavy atom. The van der Waals surface area contributed by atoms with E-state index >= 15 is 0 Å². The van der Waals surface area contributed by atoms with Crippen molar-refractivity contribution in [1.82, 2.24) is 5.32 Å². The maximum Gasteiger partial charge on any atom is 0.337 e. The van der Waals surface area contributed by atoms with Crippen LogP contribution in [0.4, 0.5) is 5.69 Å². The lowest BCUT2D eigenvalue weighted by Gasteiger charge is -2.14. The summed E-state index contributed by atoms with van der Waals surface area (Å²) in [5.41, 5.74) is 3.04. The van der Waals surface area contributed by atoms with Crippen molar-refractivity contribution in [2.24, 2.45) is 0 Å².